The molecule has 0 spiro atoms. The Balaban J connectivity index is 2.19. The van der Waals surface area contributed by atoms with Crippen molar-refractivity contribution < 1.29 is 22.8 Å². The number of rotatable bonds is 3. The fraction of sp³-hybridized carbons (Fsp3) is 0.154. The van der Waals surface area contributed by atoms with E-state index in [1.807, 2.05) is 0 Å². The van der Waals surface area contributed by atoms with Gasteiger partial charge in [0.2, 0.25) is 5.88 Å². The maximum Gasteiger partial charge on any atom is 0.416 e. The largest absolute Gasteiger partial charge is 0.439 e. The second-order valence-electron chi connectivity index (χ2n) is 4.19. The van der Waals surface area contributed by atoms with E-state index < -0.39 is 16.7 Å². The summed E-state index contributed by atoms with van der Waals surface area (Å²) >= 11 is 0. The summed E-state index contributed by atoms with van der Waals surface area (Å²) in [5.41, 5.74) is -0.602. The molecule has 1 aromatic carbocycles. The van der Waals surface area contributed by atoms with Gasteiger partial charge < -0.3 is 4.74 Å². The topological polar surface area (TPSA) is 65.3 Å². The number of nitro groups is 1. The van der Waals surface area contributed by atoms with Crippen LogP contribution in [0.25, 0.3) is 0 Å². The molecular formula is C13H9F3N2O3. The maximum absolute atomic E-state index is 12.4. The van der Waals surface area contributed by atoms with Crippen molar-refractivity contribution in [2.45, 2.75) is 13.1 Å². The van der Waals surface area contributed by atoms with E-state index in [9.17, 15) is 23.3 Å². The quantitative estimate of drug-likeness (QED) is 0.632. The minimum atomic E-state index is -4.42. The van der Waals surface area contributed by atoms with Gasteiger partial charge in [-0.05, 0) is 31.2 Å². The predicted octanol–water partition coefficient (Wildman–Crippen LogP) is 4.11. The molecule has 0 amide bonds. The third kappa shape index (κ3) is 3.47. The SMILES string of the molecule is Cc1cc(Oc2ccc(C(F)(F)F)cc2)ncc1[N+](=O)[O-]. The van der Waals surface area contributed by atoms with E-state index in [0.717, 1.165) is 30.5 Å². The molecule has 8 heteroatoms. The van der Waals surface area contributed by atoms with Gasteiger partial charge in [0.05, 0.1) is 10.5 Å². The van der Waals surface area contributed by atoms with Crippen LogP contribution in [0.5, 0.6) is 11.6 Å². The summed E-state index contributed by atoms with van der Waals surface area (Å²) < 4.78 is 42.5. The molecule has 0 N–H and O–H groups in total. The summed E-state index contributed by atoms with van der Waals surface area (Å²) in [4.78, 5) is 13.8. The van der Waals surface area contributed by atoms with Crippen molar-refractivity contribution in [3.63, 3.8) is 0 Å². The third-order valence-electron chi connectivity index (χ3n) is 2.66. The van der Waals surface area contributed by atoms with Crippen LogP contribution in [-0.2, 0) is 6.18 Å². The molecule has 1 heterocycles. The molecule has 0 saturated carbocycles. The number of hydrogen-bond acceptors (Lipinski definition) is 4. The standard InChI is InChI=1S/C13H9F3N2O3/c1-8-6-12(17-7-11(8)18(19)20)21-10-4-2-9(3-5-10)13(14,15)16/h2-7H,1H3. The van der Waals surface area contributed by atoms with Crippen molar-refractivity contribution in [2.75, 3.05) is 0 Å². The van der Waals surface area contributed by atoms with Gasteiger partial charge in [-0.3, -0.25) is 10.1 Å². The fourth-order valence-electron chi connectivity index (χ4n) is 1.60. The first kappa shape index (κ1) is 14.8. The van der Waals surface area contributed by atoms with E-state index in [1.54, 1.807) is 0 Å². The third-order valence-corrected chi connectivity index (χ3v) is 2.66. The molecule has 0 radical (unpaired) electrons. The summed E-state index contributed by atoms with van der Waals surface area (Å²) in [6, 6.07) is 5.42. The maximum atomic E-state index is 12.4. The lowest BCUT2D eigenvalue weighted by Gasteiger charge is -2.08. The second kappa shape index (κ2) is 5.39. The predicted molar refractivity (Wildman–Crippen MR) is 67.1 cm³/mol. The minimum absolute atomic E-state index is 0.0675. The van der Waals surface area contributed by atoms with Crippen molar-refractivity contribution >= 4 is 5.69 Å². The highest BCUT2D eigenvalue weighted by Gasteiger charge is 2.30. The Hall–Kier alpha value is -2.64. The summed E-state index contributed by atoms with van der Waals surface area (Å²) in [6.45, 7) is 1.51. The number of benzene rings is 1. The normalized spacial score (nSPS) is 11.2. The molecule has 0 aliphatic carbocycles. The highest BCUT2D eigenvalue weighted by Crippen LogP contribution is 2.31. The molecule has 2 aromatic rings. The van der Waals surface area contributed by atoms with Gasteiger partial charge in [-0.25, -0.2) is 4.98 Å². The number of ether oxygens (including phenoxy) is 1. The van der Waals surface area contributed by atoms with E-state index in [1.165, 1.54) is 13.0 Å². The average molecular weight is 298 g/mol. The van der Waals surface area contributed by atoms with Gasteiger partial charge in [-0.2, -0.15) is 13.2 Å². The van der Waals surface area contributed by atoms with Gasteiger partial charge in [-0.1, -0.05) is 0 Å². The van der Waals surface area contributed by atoms with Crippen LogP contribution in [-0.4, -0.2) is 9.91 Å². The number of aromatic nitrogens is 1. The summed E-state index contributed by atoms with van der Waals surface area (Å²) in [6.07, 6.45) is -3.38. The lowest BCUT2D eigenvalue weighted by molar-refractivity contribution is -0.385. The first-order valence-corrected chi connectivity index (χ1v) is 5.73. The van der Waals surface area contributed by atoms with Crippen molar-refractivity contribution in [1.29, 1.82) is 0 Å². The summed E-state index contributed by atoms with van der Waals surface area (Å²) in [7, 11) is 0. The van der Waals surface area contributed by atoms with E-state index in [4.69, 9.17) is 4.74 Å². The van der Waals surface area contributed by atoms with Crippen molar-refractivity contribution in [2.24, 2.45) is 0 Å². The van der Waals surface area contributed by atoms with E-state index in [2.05, 4.69) is 4.98 Å². The fourth-order valence-corrected chi connectivity index (χ4v) is 1.60. The Bertz CT molecular complexity index is 669. The molecule has 21 heavy (non-hydrogen) atoms. The van der Waals surface area contributed by atoms with E-state index in [-0.39, 0.29) is 17.3 Å². The smallest absolute Gasteiger partial charge is 0.416 e. The zero-order valence-electron chi connectivity index (χ0n) is 10.7. The molecule has 0 aliphatic rings. The van der Waals surface area contributed by atoms with Gasteiger partial charge in [0, 0.05) is 11.6 Å². The molecule has 2 rings (SSSR count). The van der Waals surface area contributed by atoms with Crippen LogP contribution in [0.3, 0.4) is 0 Å². The van der Waals surface area contributed by atoms with Crippen molar-refractivity contribution in [3.8, 4) is 11.6 Å². The molecule has 110 valence electrons. The monoisotopic (exact) mass is 298 g/mol. The molecule has 0 aliphatic heterocycles. The van der Waals surface area contributed by atoms with Crippen molar-refractivity contribution in [1.82, 2.24) is 4.98 Å². The van der Waals surface area contributed by atoms with Crippen LogP contribution in [0.15, 0.2) is 36.5 Å². The molecule has 0 saturated heterocycles. The zero-order chi connectivity index (χ0) is 15.6. The van der Waals surface area contributed by atoms with Gasteiger partial charge in [0.1, 0.15) is 11.9 Å². The molecule has 0 fully saturated rings. The number of nitrogens with zero attached hydrogens (tertiary/aromatic N) is 2. The summed E-state index contributed by atoms with van der Waals surface area (Å²) in [5, 5.41) is 10.6. The Labute approximate surface area is 117 Å². The minimum Gasteiger partial charge on any atom is -0.439 e. The van der Waals surface area contributed by atoms with Crippen LogP contribution in [0.2, 0.25) is 0 Å². The van der Waals surface area contributed by atoms with Crippen molar-refractivity contribution in [3.05, 3.63) is 57.8 Å². The van der Waals surface area contributed by atoms with Crippen LogP contribution in [0.1, 0.15) is 11.1 Å². The average Bonchev–Trinajstić information content (AvgIpc) is 2.38. The van der Waals surface area contributed by atoms with Gasteiger partial charge in [0.15, 0.2) is 0 Å². The first-order chi connectivity index (χ1) is 9.77. The molecular weight excluding hydrogens is 289 g/mol. The van der Waals surface area contributed by atoms with Crippen LogP contribution in [0.4, 0.5) is 18.9 Å². The number of aryl methyl sites for hydroxylation is 1. The number of alkyl halides is 3. The highest BCUT2D eigenvalue weighted by molar-refractivity contribution is 5.40. The number of halogens is 3. The van der Waals surface area contributed by atoms with Crippen LogP contribution < -0.4 is 4.74 Å². The molecule has 0 unspecified atom stereocenters. The molecule has 0 bridgehead atoms. The molecule has 5 nitrogen and oxygen atoms in total. The number of hydrogen-bond donors (Lipinski definition) is 0. The highest BCUT2D eigenvalue weighted by atomic mass is 19.4. The Morgan fingerprint density at radius 2 is 1.86 bits per heavy atom. The summed E-state index contributed by atoms with van der Waals surface area (Å²) in [5.74, 6) is 0.224. The zero-order valence-corrected chi connectivity index (χ0v) is 10.7. The lowest BCUT2D eigenvalue weighted by Crippen LogP contribution is -2.04. The Morgan fingerprint density at radius 3 is 2.33 bits per heavy atom. The van der Waals surface area contributed by atoms with Gasteiger partial charge in [-0.15, -0.1) is 0 Å². The van der Waals surface area contributed by atoms with E-state index in [0.29, 0.717) is 5.56 Å². The van der Waals surface area contributed by atoms with E-state index >= 15 is 0 Å². The van der Waals surface area contributed by atoms with Gasteiger partial charge in [0.25, 0.3) is 5.69 Å². The lowest BCUT2D eigenvalue weighted by atomic mass is 10.2. The van der Waals surface area contributed by atoms with Crippen LogP contribution in [0, 0.1) is 17.0 Å². The Kier molecular flexibility index (Phi) is 3.79. The van der Waals surface area contributed by atoms with Gasteiger partial charge >= 0.3 is 6.18 Å². The molecule has 1 aromatic heterocycles. The second-order valence-corrected chi connectivity index (χ2v) is 4.19. The molecule has 0 atom stereocenters. The first-order valence-electron chi connectivity index (χ1n) is 5.73. The number of pyridine rings is 1. The van der Waals surface area contributed by atoms with Crippen LogP contribution >= 0.6 is 0 Å². The Morgan fingerprint density at radius 1 is 1.24 bits per heavy atom.